The summed E-state index contributed by atoms with van der Waals surface area (Å²) in [4.78, 5) is 12.2. The maximum absolute atomic E-state index is 12.2. The van der Waals surface area contributed by atoms with Crippen molar-refractivity contribution in [2.24, 2.45) is 23.5 Å². The summed E-state index contributed by atoms with van der Waals surface area (Å²) < 4.78 is 0. The van der Waals surface area contributed by atoms with Crippen molar-refractivity contribution in [1.82, 2.24) is 5.32 Å². The van der Waals surface area contributed by atoms with Crippen molar-refractivity contribution in [3.05, 3.63) is 0 Å². The van der Waals surface area contributed by atoms with Crippen LogP contribution in [-0.4, -0.2) is 18.0 Å². The van der Waals surface area contributed by atoms with E-state index in [0.717, 1.165) is 25.7 Å². The third kappa shape index (κ3) is 4.66. The van der Waals surface area contributed by atoms with Crippen molar-refractivity contribution in [3.63, 3.8) is 0 Å². The molecule has 17 heavy (non-hydrogen) atoms. The van der Waals surface area contributed by atoms with E-state index in [1.165, 1.54) is 0 Å². The van der Waals surface area contributed by atoms with Gasteiger partial charge < -0.3 is 11.1 Å². The number of amides is 1. The minimum absolute atomic E-state index is 0.119. The van der Waals surface area contributed by atoms with Crippen molar-refractivity contribution in [2.75, 3.05) is 0 Å². The maximum Gasteiger partial charge on any atom is 0.223 e. The van der Waals surface area contributed by atoms with Gasteiger partial charge in [0.2, 0.25) is 5.91 Å². The molecule has 0 saturated heterocycles. The molecule has 100 valence electrons. The molecule has 3 heteroatoms. The van der Waals surface area contributed by atoms with Crippen LogP contribution in [0.2, 0.25) is 0 Å². The Morgan fingerprint density at radius 2 is 2.00 bits per heavy atom. The summed E-state index contributed by atoms with van der Waals surface area (Å²) in [7, 11) is 0. The molecule has 1 rings (SSSR count). The van der Waals surface area contributed by atoms with Crippen LogP contribution in [0.15, 0.2) is 0 Å². The maximum atomic E-state index is 12.2. The average Bonchev–Trinajstić information content (AvgIpc) is 2.20. The molecule has 0 aromatic heterocycles. The first kappa shape index (κ1) is 14.5. The number of nitrogens with one attached hydrogen (secondary N) is 1. The first-order valence-corrected chi connectivity index (χ1v) is 6.96. The Labute approximate surface area is 106 Å². The van der Waals surface area contributed by atoms with Crippen LogP contribution in [0.3, 0.4) is 0 Å². The molecule has 3 N–H and O–H groups in total. The molecular weight excluding hydrogens is 212 g/mol. The molecule has 0 bridgehead atoms. The summed E-state index contributed by atoms with van der Waals surface area (Å²) in [5.74, 6) is 1.42. The van der Waals surface area contributed by atoms with Gasteiger partial charge in [0.25, 0.3) is 0 Å². The van der Waals surface area contributed by atoms with E-state index in [4.69, 9.17) is 5.73 Å². The molecule has 3 nitrogen and oxygen atoms in total. The van der Waals surface area contributed by atoms with Gasteiger partial charge >= 0.3 is 0 Å². The van der Waals surface area contributed by atoms with E-state index in [1.54, 1.807) is 0 Å². The number of carbonyl (C=O) groups is 1. The van der Waals surface area contributed by atoms with Crippen molar-refractivity contribution in [1.29, 1.82) is 0 Å². The van der Waals surface area contributed by atoms with Gasteiger partial charge in [-0.3, -0.25) is 4.79 Å². The normalized spacial score (nSPS) is 31.3. The highest BCUT2D eigenvalue weighted by Crippen LogP contribution is 2.29. The molecule has 4 unspecified atom stereocenters. The average molecular weight is 240 g/mol. The second-order valence-electron chi connectivity index (χ2n) is 6.20. The largest absolute Gasteiger partial charge is 0.353 e. The van der Waals surface area contributed by atoms with Crippen LogP contribution in [0.5, 0.6) is 0 Å². The Bertz CT molecular complexity index is 253. The summed E-state index contributed by atoms with van der Waals surface area (Å²) >= 11 is 0. The van der Waals surface area contributed by atoms with Gasteiger partial charge in [-0.05, 0) is 44.4 Å². The highest BCUT2D eigenvalue weighted by Gasteiger charge is 2.31. The third-order valence-corrected chi connectivity index (χ3v) is 3.79. The summed E-state index contributed by atoms with van der Waals surface area (Å²) in [5.41, 5.74) is 5.96. The Hall–Kier alpha value is -0.570. The zero-order valence-electron chi connectivity index (χ0n) is 11.7. The second kappa shape index (κ2) is 6.39. The van der Waals surface area contributed by atoms with Crippen molar-refractivity contribution < 1.29 is 4.79 Å². The van der Waals surface area contributed by atoms with Gasteiger partial charge in [-0.1, -0.05) is 20.8 Å². The van der Waals surface area contributed by atoms with E-state index < -0.39 is 0 Å². The van der Waals surface area contributed by atoms with Gasteiger partial charge in [-0.15, -0.1) is 0 Å². The molecule has 1 amide bonds. The van der Waals surface area contributed by atoms with E-state index in [9.17, 15) is 4.79 Å². The zero-order valence-corrected chi connectivity index (χ0v) is 11.7. The van der Waals surface area contributed by atoms with Gasteiger partial charge in [0.15, 0.2) is 0 Å². The van der Waals surface area contributed by atoms with Crippen LogP contribution < -0.4 is 11.1 Å². The summed E-state index contributed by atoms with van der Waals surface area (Å²) in [6.45, 7) is 8.62. The number of carbonyl (C=O) groups excluding carboxylic acids is 1. The standard InChI is InChI=1S/C14H28N2O/c1-9(2)7-11(4)16-14(17)13-8-12(15)6-5-10(13)3/h9-13H,5-8,15H2,1-4H3,(H,16,17). The molecule has 1 aliphatic carbocycles. The highest BCUT2D eigenvalue weighted by atomic mass is 16.1. The van der Waals surface area contributed by atoms with Gasteiger partial charge in [0, 0.05) is 18.0 Å². The third-order valence-electron chi connectivity index (χ3n) is 3.79. The fourth-order valence-corrected chi connectivity index (χ4v) is 2.84. The van der Waals surface area contributed by atoms with Crippen molar-refractivity contribution in [2.45, 2.75) is 65.5 Å². The molecule has 4 atom stereocenters. The van der Waals surface area contributed by atoms with Crippen LogP contribution in [0.4, 0.5) is 0 Å². The van der Waals surface area contributed by atoms with Crippen LogP contribution in [0, 0.1) is 17.8 Å². The molecule has 1 aliphatic rings. The molecule has 0 radical (unpaired) electrons. The van der Waals surface area contributed by atoms with E-state index in [1.807, 2.05) is 0 Å². The van der Waals surface area contributed by atoms with Crippen LogP contribution in [-0.2, 0) is 4.79 Å². The molecule has 0 aromatic rings. The fourth-order valence-electron chi connectivity index (χ4n) is 2.84. The summed E-state index contributed by atoms with van der Waals surface area (Å²) in [5, 5.41) is 3.14. The van der Waals surface area contributed by atoms with E-state index in [-0.39, 0.29) is 23.9 Å². The molecule has 1 saturated carbocycles. The Morgan fingerprint density at radius 1 is 1.35 bits per heavy atom. The molecule has 0 aromatic carbocycles. The van der Waals surface area contributed by atoms with E-state index in [0.29, 0.717) is 11.8 Å². The number of nitrogens with two attached hydrogens (primary N) is 1. The molecule has 0 spiro atoms. The predicted molar refractivity (Wildman–Crippen MR) is 71.5 cm³/mol. The van der Waals surface area contributed by atoms with Gasteiger partial charge in [-0.2, -0.15) is 0 Å². The van der Waals surface area contributed by atoms with E-state index >= 15 is 0 Å². The first-order valence-electron chi connectivity index (χ1n) is 6.96. The minimum atomic E-state index is 0.119. The Kier molecular flexibility index (Phi) is 5.44. The number of rotatable bonds is 4. The lowest BCUT2D eigenvalue weighted by molar-refractivity contribution is -0.128. The lowest BCUT2D eigenvalue weighted by Crippen LogP contribution is -2.44. The second-order valence-corrected chi connectivity index (χ2v) is 6.20. The molecular formula is C14H28N2O. The first-order chi connectivity index (χ1) is 7.90. The molecule has 0 aliphatic heterocycles. The summed E-state index contributed by atoms with van der Waals surface area (Å²) in [6, 6.07) is 0.482. The topological polar surface area (TPSA) is 55.1 Å². The van der Waals surface area contributed by atoms with Gasteiger partial charge in [0.05, 0.1) is 0 Å². The summed E-state index contributed by atoms with van der Waals surface area (Å²) in [6.07, 6.45) is 4.03. The van der Waals surface area contributed by atoms with Crippen LogP contribution in [0.1, 0.15) is 53.4 Å². The van der Waals surface area contributed by atoms with Crippen LogP contribution >= 0.6 is 0 Å². The fraction of sp³-hybridized carbons (Fsp3) is 0.929. The zero-order chi connectivity index (χ0) is 13.0. The van der Waals surface area contributed by atoms with E-state index in [2.05, 4.69) is 33.0 Å². The minimum Gasteiger partial charge on any atom is -0.353 e. The quantitative estimate of drug-likeness (QED) is 0.792. The smallest absolute Gasteiger partial charge is 0.223 e. The Balaban J connectivity index is 2.45. The lowest BCUT2D eigenvalue weighted by Gasteiger charge is -2.32. The van der Waals surface area contributed by atoms with Gasteiger partial charge in [-0.25, -0.2) is 0 Å². The molecule has 1 fully saturated rings. The van der Waals surface area contributed by atoms with Crippen molar-refractivity contribution >= 4 is 5.91 Å². The number of hydrogen-bond acceptors (Lipinski definition) is 2. The molecule has 0 heterocycles. The Morgan fingerprint density at radius 3 is 2.59 bits per heavy atom. The predicted octanol–water partition coefficient (Wildman–Crippen LogP) is 2.30. The SMILES string of the molecule is CC(C)CC(C)NC(=O)C1CC(N)CCC1C. The van der Waals surface area contributed by atoms with Crippen molar-refractivity contribution in [3.8, 4) is 0 Å². The number of hydrogen-bond donors (Lipinski definition) is 2. The highest BCUT2D eigenvalue weighted by molar-refractivity contribution is 5.79. The van der Waals surface area contributed by atoms with Gasteiger partial charge in [0.1, 0.15) is 0 Å². The van der Waals surface area contributed by atoms with Crippen LogP contribution in [0.25, 0.3) is 0 Å². The monoisotopic (exact) mass is 240 g/mol. The lowest BCUT2D eigenvalue weighted by atomic mass is 9.77.